The van der Waals surface area contributed by atoms with Gasteiger partial charge in [-0.05, 0) is 24.9 Å². The van der Waals surface area contributed by atoms with Crippen LogP contribution in [0.4, 0.5) is 0 Å². The van der Waals surface area contributed by atoms with E-state index in [1.807, 2.05) is 11.3 Å². The molecule has 4 heteroatoms. The van der Waals surface area contributed by atoms with Crippen molar-refractivity contribution in [2.45, 2.75) is 17.9 Å². The molecule has 2 fully saturated rings. The van der Waals surface area contributed by atoms with E-state index < -0.39 is 0 Å². The van der Waals surface area contributed by atoms with Crippen LogP contribution in [0.25, 0.3) is 0 Å². The molecule has 94 valence electrons. The molecule has 0 spiro atoms. The van der Waals surface area contributed by atoms with Crippen molar-refractivity contribution in [2.75, 3.05) is 39.9 Å². The molecule has 3 heterocycles. The molecule has 0 bridgehead atoms. The number of ether oxygens (including phenoxy) is 1. The van der Waals surface area contributed by atoms with Crippen molar-refractivity contribution in [3.63, 3.8) is 0 Å². The average Bonchev–Trinajstić information content (AvgIpc) is 2.77. The minimum Gasteiger partial charge on any atom is -0.379 e. The summed E-state index contributed by atoms with van der Waals surface area (Å²) < 4.78 is 5.50. The summed E-state index contributed by atoms with van der Waals surface area (Å²) in [6, 6.07) is 5.03. The zero-order valence-corrected chi connectivity index (χ0v) is 11.1. The van der Waals surface area contributed by atoms with Crippen LogP contribution in [0.5, 0.6) is 0 Å². The van der Waals surface area contributed by atoms with Crippen LogP contribution in [-0.2, 0) is 10.2 Å². The summed E-state index contributed by atoms with van der Waals surface area (Å²) in [5, 5.41) is 5.82. The van der Waals surface area contributed by atoms with Gasteiger partial charge in [-0.2, -0.15) is 0 Å². The van der Waals surface area contributed by atoms with Crippen molar-refractivity contribution in [1.82, 2.24) is 10.2 Å². The van der Waals surface area contributed by atoms with E-state index in [-0.39, 0.29) is 0 Å². The average molecular weight is 252 g/mol. The van der Waals surface area contributed by atoms with E-state index in [2.05, 4.69) is 34.8 Å². The van der Waals surface area contributed by atoms with Crippen LogP contribution in [-0.4, -0.2) is 50.8 Å². The third-order valence-electron chi connectivity index (χ3n) is 3.90. The quantitative estimate of drug-likeness (QED) is 0.878. The lowest BCUT2D eigenvalue weighted by Gasteiger charge is -2.44. The highest BCUT2D eigenvalue weighted by atomic mass is 32.1. The van der Waals surface area contributed by atoms with Gasteiger partial charge in [0.15, 0.2) is 0 Å². The fourth-order valence-electron chi connectivity index (χ4n) is 2.89. The zero-order chi connectivity index (χ0) is 11.7. The van der Waals surface area contributed by atoms with Gasteiger partial charge < -0.3 is 15.0 Å². The Bertz CT molecular complexity index is 362. The van der Waals surface area contributed by atoms with Crippen LogP contribution in [0.15, 0.2) is 17.5 Å². The highest BCUT2D eigenvalue weighted by Gasteiger charge is 2.43. The van der Waals surface area contributed by atoms with Gasteiger partial charge in [-0.15, -0.1) is 11.3 Å². The van der Waals surface area contributed by atoms with Crippen LogP contribution in [0.3, 0.4) is 0 Å². The monoisotopic (exact) mass is 252 g/mol. The Hall–Kier alpha value is -0.420. The van der Waals surface area contributed by atoms with Gasteiger partial charge in [0.25, 0.3) is 0 Å². The lowest BCUT2D eigenvalue weighted by atomic mass is 9.78. The van der Waals surface area contributed by atoms with E-state index in [1.54, 1.807) is 0 Å². The number of likely N-dealkylation sites (N-methyl/N-ethyl adjacent to an activating group) is 1. The first-order valence-electron chi connectivity index (χ1n) is 6.32. The van der Waals surface area contributed by atoms with Crippen LogP contribution in [0.1, 0.15) is 11.3 Å². The predicted molar refractivity (Wildman–Crippen MR) is 70.7 cm³/mol. The number of hydrogen-bond donors (Lipinski definition) is 1. The summed E-state index contributed by atoms with van der Waals surface area (Å²) in [5.74, 6) is 0. The number of piperazine rings is 1. The third kappa shape index (κ3) is 2.27. The highest BCUT2D eigenvalue weighted by molar-refractivity contribution is 7.10. The normalized spacial score (nSPS) is 28.9. The number of nitrogens with zero attached hydrogens (tertiary/aromatic N) is 1. The molecule has 1 unspecified atom stereocenters. The van der Waals surface area contributed by atoms with Crippen LogP contribution < -0.4 is 5.32 Å². The first-order chi connectivity index (χ1) is 8.28. The molecule has 0 radical (unpaired) electrons. The standard InChI is InChI=1S/C13H20N2OS/c1-15-5-4-14-11(8-15)7-13(9-16-10-13)12-3-2-6-17-12/h2-3,6,11,14H,4-5,7-10H2,1H3. The van der Waals surface area contributed by atoms with Gasteiger partial charge >= 0.3 is 0 Å². The Balaban J connectivity index is 1.70. The Morgan fingerprint density at radius 3 is 3.06 bits per heavy atom. The summed E-state index contributed by atoms with van der Waals surface area (Å²) in [4.78, 5) is 3.92. The van der Waals surface area contributed by atoms with Gasteiger partial charge in [0.05, 0.1) is 18.6 Å². The van der Waals surface area contributed by atoms with Crippen molar-refractivity contribution in [1.29, 1.82) is 0 Å². The molecule has 2 aliphatic heterocycles. The van der Waals surface area contributed by atoms with E-state index in [9.17, 15) is 0 Å². The third-order valence-corrected chi connectivity index (χ3v) is 5.01. The van der Waals surface area contributed by atoms with Crippen LogP contribution in [0.2, 0.25) is 0 Å². The second-order valence-electron chi connectivity index (χ2n) is 5.37. The van der Waals surface area contributed by atoms with Crippen molar-refractivity contribution in [2.24, 2.45) is 0 Å². The fourth-order valence-corrected chi connectivity index (χ4v) is 3.80. The van der Waals surface area contributed by atoms with Gasteiger partial charge in [0.1, 0.15) is 0 Å². The van der Waals surface area contributed by atoms with Gasteiger partial charge in [-0.25, -0.2) is 0 Å². The van der Waals surface area contributed by atoms with Gasteiger partial charge in [0.2, 0.25) is 0 Å². The highest BCUT2D eigenvalue weighted by Crippen LogP contribution is 2.39. The molecule has 3 nitrogen and oxygen atoms in total. The maximum Gasteiger partial charge on any atom is 0.0594 e. The molecule has 2 aliphatic rings. The zero-order valence-electron chi connectivity index (χ0n) is 10.3. The van der Waals surface area contributed by atoms with Gasteiger partial charge in [-0.1, -0.05) is 6.07 Å². The molecular weight excluding hydrogens is 232 g/mol. The lowest BCUT2D eigenvalue weighted by Crippen LogP contribution is -2.56. The Morgan fingerprint density at radius 2 is 2.47 bits per heavy atom. The molecule has 17 heavy (non-hydrogen) atoms. The number of thiophene rings is 1. The van der Waals surface area contributed by atoms with Gasteiger partial charge in [0, 0.05) is 30.6 Å². The van der Waals surface area contributed by atoms with E-state index in [4.69, 9.17) is 4.74 Å². The second kappa shape index (κ2) is 4.69. The van der Waals surface area contributed by atoms with E-state index >= 15 is 0 Å². The molecular formula is C13H20N2OS. The molecule has 1 N–H and O–H groups in total. The summed E-state index contributed by atoms with van der Waals surface area (Å²) in [6.45, 7) is 5.24. The molecule has 1 aromatic heterocycles. The maximum atomic E-state index is 5.50. The van der Waals surface area contributed by atoms with Crippen LogP contribution >= 0.6 is 11.3 Å². The fraction of sp³-hybridized carbons (Fsp3) is 0.692. The van der Waals surface area contributed by atoms with E-state index in [0.717, 1.165) is 26.3 Å². The summed E-state index contributed by atoms with van der Waals surface area (Å²) in [7, 11) is 2.21. The molecule has 3 rings (SSSR count). The topological polar surface area (TPSA) is 24.5 Å². The van der Waals surface area contributed by atoms with E-state index in [0.29, 0.717) is 11.5 Å². The van der Waals surface area contributed by atoms with Crippen molar-refractivity contribution >= 4 is 11.3 Å². The first kappa shape index (κ1) is 11.7. The largest absolute Gasteiger partial charge is 0.379 e. The van der Waals surface area contributed by atoms with Gasteiger partial charge in [-0.3, -0.25) is 0 Å². The molecule has 0 saturated carbocycles. The summed E-state index contributed by atoms with van der Waals surface area (Å²) in [5.41, 5.74) is 0.296. The second-order valence-corrected chi connectivity index (χ2v) is 6.32. The minimum atomic E-state index is 0.296. The van der Waals surface area contributed by atoms with E-state index in [1.165, 1.54) is 17.8 Å². The van der Waals surface area contributed by atoms with Crippen molar-refractivity contribution < 1.29 is 4.74 Å². The number of rotatable bonds is 3. The Labute approximate surface area is 107 Å². The molecule has 0 amide bonds. The maximum absolute atomic E-state index is 5.50. The predicted octanol–water partition coefficient (Wildman–Crippen LogP) is 1.31. The SMILES string of the molecule is CN1CCNC(CC2(c3cccs3)COC2)C1. The molecule has 1 aromatic rings. The smallest absolute Gasteiger partial charge is 0.0594 e. The Kier molecular flexibility index (Phi) is 3.21. The molecule has 0 aromatic carbocycles. The molecule has 0 aliphatic carbocycles. The molecule has 2 saturated heterocycles. The number of nitrogens with one attached hydrogen (secondary N) is 1. The first-order valence-corrected chi connectivity index (χ1v) is 7.20. The summed E-state index contributed by atoms with van der Waals surface area (Å²) >= 11 is 1.87. The Morgan fingerprint density at radius 1 is 1.59 bits per heavy atom. The van der Waals surface area contributed by atoms with Crippen molar-refractivity contribution in [3.8, 4) is 0 Å². The minimum absolute atomic E-state index is 0.296. The lowest BCUT2D eigenvalue weighted by molar-refractivity contribution is -0.0688. The summed E-state index contributed by atoms with van der Waals surface area (Å²) in [6.07, 6.45) is 1.21. The van der Waals surface area contributed by atoms with Crippen LogP contribution in [0, 0.1) is 0 Å². The van der Waals surface area contributed by atoms with Crippen molar-refractivity contribution in [3.05, 3.63) is 22.4 Å². The number of hydrogen-bond acceptors (Lipinski definition) is 4. The molecule has 1 atom stereocenters.